The van der Waals surface area contributed by atoms with E-state index in [4.69, 9.17) is 4.42 Å². The predicted molar refractivity (Wildman–Crippen MR) is 68.8 cm³/mol. The molecule has 17 heavy (non-hydrogen) atoms. The van der Waals surface area contributed by atoms with Crippen LogP contribution in [0, 0.1) is 13.8 Å². The van der Waals surface area contributed by atoms with E-state index in [1.165, 1.54) is 0 Å². The van der Waals surface area contributed by atoms with E-state index in [9.17, 15) is 4.79 Å². The highest BCUT2D eigenvalue weighted by molar-refractivity contribution is 5.95. The third-order valence-corrected chi connectivity index (χ3v) is 3.17. The van der Waals surface area contributed by atoms with E-state index in [1.54, 1.807) is 0 Å². The number of halogens is 1. The van der Waals surface area contributed by atoms with Crippen LogP contribution in [0.15, 0.2) is 10.5 Å². The standard InChI is InChI=1S/C12H18N2O2.ClH/c1-8-6-11(9(2)16-8)12(15)14(3)10-4-5-13-7-10;/h6,10,13H,4-5,7H2,1-3H3;1H. The number of hydrogen-bond donors (Lipinski definition) is 1. The van der Waals surface area contributed by atoms with Gasteiger partial charge in [0.1, 0.15) is 11.5 Å². The fraction of sp³-hybridized carbons (Fsp3) is 0.583. The molecule has 1 N–H and O–H groups in total. The van der Waals surface area contributed by atoms with Gasteiger partial charge in [-0.3, -0.25) is 4.79 Å². The summed E-state index contributed by atoms with van der Waals surface area (Å²) >= 11 is 0. The average molecular weight is 259 g/mol. The third kappa shape index (κ3) is 2.82. The monoisotopic (exact) mass is 258 g/mol. The fourth-order valence-corrected chi connectivity index (χ4v) is 2.17. The Kier molecular flexibility index (Phi) is 4.60. The molecule has 96 valence electrons. The lowest BCUT2D eigenvalue weighted by Crippen LogP contribution is -2.38. The van der Waals surface area contributed by atoms with Crippen LogP contribution in [-0.2, 0) is 0 Å². The summed E-state index contributed by atoms with van der Waals surface area (Å²) in [5.74, 6) is 1.56. The van der Waals surface area contributed by atoms with Gasteiger partial charge >= 0.3 is 0 Å². The first-order chi connectivity index (χ1) is 7.59. The maximum Gasteiger partial charge on any atom is 0.257 e. The topological polar surface area (TPSA) is 45.5 Å². The summed E-state index contributed by atoms with van der Waals surface area (Å²) in [5, 5.41) is 3.26. The largest absolute Gasteiger partial charge is 0.466 e. The second-order valence-electron chi connectivity index (χ2n) is 4.39. The van der Waals surface area contributed by atoms with Crippen LogP contribution in [0.5, 0.6) is 0 Å². The summed E-state index contributed by atoms with van der Waals surface area (Å²) < 4.78 is 5.39. The molecule has 2 rings (SSSR count). The van der Waals surface area contributed by atoms with Crippen molar-refractivity contribution in [3.05, 3.63) is 23.2 Å². The molecule has 1 saturated heterocycles. The van der Waals surface area contributed by atoms with Crippen molar-refractivity contribution in [2.24, 2.45) is 0 Å². The number of likely N-dealkylation sites (N-methyl/N-ethyl adjacent to an activating group) is 1. The predicted octanol–water partition coefficient (Wildman–Crippen LogP) is 1.75. The number of carbonyl (C=O) groups excluding carboxylic acids is 1. The minimum atomic E-state index is 0. The Balaban J connectivity index is 0.00000144. The van der Waals surface area contributed by atoms with Crippen LogP contribution < -0.4 is 5.32 Å². The van der Waals surface area contributed by atoms with Gasteiger partial charge in [0.2, 0.25) is 0 Å². The first-order valence-electron chi connectivity index (χ1n) is 5.64. The summed E-state index contributed by atoms with van der Waals surface area (Å²) in [5.41, 5.74) is 0.687. The summed E-state index contributed by atoms with van der Waals surface area (Å²) in [4.78, 5) is 14.0. The maximum atomic E-state index is 12.2. The molecule has 4 nitrogen and oxygen atoms in total. The van der Waals surface area contributed by atoms with Crippen LogP contribution >= 0.6 is 12.4 Å². The fourth-order valence-electron chi connectivity index (χ4n) is 2.17. The van der Waals surface area contributed by atoms with Gasteiger partial charge in [-0.1, -0.05) is 0 Å². The molecule has 0 spiro atoms. The molecular weight excluding hydrogens is 240 g/mol. The molecule has 1 aliphatic heterocycles. The van der Waals surface area contributed by atoms with Crippen molar-refractivity contribution in [1.29, 1.82) is 0 Å². The van der Waals surface area contributed by atoms with Crippen LogP contribution in [0.3, 0.4) is 0 Å². The third-order valence-electron chi connectivity index (χ3n) is 3.17. The zero-order chi connectivity index (χ0) is 11.7. The van der Waals surface area contributed by atoms with E-state index in [0.29, 0.717) is 17.4 Å². The molecule has 1 aromatic heterocycles. The van der Waals surface area contributed by atoms with Gasteiger partial charge in [-0.2, -0.15) is 0 Å². The van der Waals surface area contributed by atoms with Gasteiger partial charge in [-0.15, -0.1) is 12.4 Å². The van der Waals surface area contributed by atoms with E-state index >= 15 is 0 Å². The van der Waals surface area contributed by atoms with Crippen LogP contribution in [0.1, 0.15) is 28.3 Å². The SMILES string of the molecule is Cc1cc(C(=O)N(C)C2CCNC2)c(C)o1.Cl. The Labute approximate surface area is 108 Å². The van der Waals surface area contributed by atoms with Gasteiger partial charge in [0.05, 0.1) is 5.56 Å². The average Bonchev–Trinajstić information content (AvgIpc) is 2.85. The molecule has 0 radical (unpaired) electrons. The Bertz CT molecular complexity index is 397. The van der Waals surface area contributed by atoms with Gasteiger partial charge in [0.15, 0.2) is 0 Å². The van der Waals surface area contributed by atoms with E-state index in [1.807, 2.05) is 31.9 Å². The van der Waals surface area contributed by atoms with Gasteiger partial charge in [-0.05, 0) is 32.9 Å². The molecule has 5 heteroatoms. The summed E-state index contributed by atoms with van der Waals surface area (Å²) in [7, 11) is 1.86. The number of nitrogens with one attached hydrogen (secondary N) is 1. The Morgan fingerprint density at radius 2 is 2.24 bits per heavy atom. The second kappa shape index (κ2) is 5.56. The molecular formula is C12H19ClN2O2. The van der Waals surface area contributed by atoms with Crippen molar-refractivity contribution < 1.29 is 9.21 Å². The molecule has 1 atom stereocenters. The van der Waals surface area contributed by atoms with Crippen molar-refractivity contribution in [2.45, 2.75) is 26.3 Å². The summed E-state index contributed by atoms with van der Waals surface area (Å²) in [6.07, 6.45) is 1.03. The maximum absolute atomic E-state index is 12.2. The van der Waals surface area contributed by atoms with Crippen LogP contribution in [0.25, 0.3) is 0 Å². The van der Waals surface area contributed by atoms with Crippen LogP contribution in [-0.4, -0.2) is 37.0 Å². The van der Waals surface area contributed by atoms with Crippen molar-refractivity contribution in [2.75, 3.05) is 20.1 Å². The van der Waals surface area contributed by atoms with Crippen molar-refractivity contribution in [3.8, 4) is 0 Å². The lowest BCUT2D eigenvalue weighted by Gasteiger charge is -2.23. The van der Waals surface area contributed by atoms with E-state index in [0.717, 1.165) is 25.3 Å². The molecule has 1 amide bonds. The van der Waals surface area contributed by atoms with Gasteiger partial charge in [-0.25, -0.2) is 0 Å². The highest BCUT2D eigenvalue weighted by Gasteiger charge is 2.26. The smallest absolute Gasteiger partial charge is 0.257 e. The van der Waals surface area contributed by atoms with Crippen molar-refractivity contribution in [3.63, 3.8) is 0 Å². The molecule has 0 saturated carbocycles. The van der Waals surface area contributed by atoms with Gasteiger partial charge in [0, 0.05) is 19.6 Å². The number of hydrogen-bond acceptors (Lipinski definition) is 3. The summed E-state index contributed by atoms with van der Waals surface area (Å²) in [6.45, 7) is 5.58. The van der Waals surface area contributed by atoms with Crippen molar-refractivity contribution in [1.82, 2.24) is 10.2 Å². The number of aryl methyl sites for hydroxylation is 2. The van der Waals surface area contributed by atoms with Gasteiger partial charge < -0.3 is 14.6 Å². The number of carbonyl (C=O) groups is 1. The van der Waals surface area contributed by atoms with Crippen molar-refractivity contribution >= 4 is 18.3 Å². The molecule has 2 heterocycles. The molecule has 1 aliphatic rings. The highest BCUT2D eigenvalue weighted by Crippen LogP contribution is 2.17. The number of nitrogens with zero attached hydrogens (tertiary/aromatic N) is 1. The second-order valence-corrected chi connectivity index (χ2v) is 4.39. The Morgan fingerprint density at radius 3 is 2.71 bits per heavy atom. The Hall–Kier alpha value is -1.000. The lowest BCUT2D eigenvalue weighted by molar-refractivity contribution is 0.0742. The van der Waals surface area contributed by atoms with Gasteiger partial charge in [0.25, 0.3) is 5.91 Å². The molecule has 1 fully saturated rings. The molecule has 0 bridgehead atoms. The minimum absolute atomic E-state index is 0. The van der Waals surface area contributed by atoms with E-state index in [2.05, 4.69) is 5.32 Å². The highest BCUT2D eigenvalue weighted by atomic mass is 35.5. The van der Waals surface area contributed by atoms with E-state index < -0.39 is 0 Å². The normalized spacial score (nSPS) is 18.9. The van der Waals surface area contributed by atoms with E-state index in [-0.39, 0.29) is 18.3 Å². The number of rotatable bonds is 2. The Morgan fingerprint density at radius 1 is 1.53 bits per heavy atom. The quantitative estimate of drug-likeness (QED) is 0.879. The lowest BCUT2D eigenvalue weighted by atomic mass is 10.1. The zero-order valence-electron chi connectivity index (χ0n) is 10.4. The first kappa shape index (κ1) is 14.1. The molecule has 0 aromatic carbocycles. The number of amides is 1. The number of furan rings is 1. The van der Waals surface area contributed by atoms with Crippen LogP contribution in [0.4, 0.5) is 0 Å². The molecule has 0 aliphatic carbocycles. The molecule has 1 unspecified atom stereocenters. The molecule has 1 aromatic rings. The zero-order valence-corrected chi connectivity index (χ0v) is 11.3. The van der Waals surface area contributed by atoms with Crippen LogP contribution in [0.2, 0.25) is 0 Å². The first-order valence-corrected chi connectivity index (χ1v) is 5.64. The summed E-state index contributed by atoms with van der Waals surface area (Å²) in [6, 6.07) is 2.12. The minimum Gasteiger partial charge on any atom is -0.466 e.